The van der Waals surface area contributed by atoms with E-state index in [2.05, 4.69) is 47.2 Å². The van der Waals surface area contributed by atoms with Gasteiger partial charge >= 0.3 is 0 Å². The molecule has 2 heterocycles. The van der Waals surface area contributed by atoms with Crippen molar-refractivity contribution in [1.29, 1.82) is 0 Å². The maximum atomic E-state index is 6.11. The molecule has 0 aliphatic carbocycles. The number of hydrogen-bond donors (Lipinski definition) is 1. The van der Waals surface area contributed by atoms with Crippen molar-refractivity contribution in [2.24, 2.45) is 0 Å². The quantitative estimate of drug-likeness (QED) is 0.865. The van der Waals surface area contributed by atoms with E-state index < -0.39 is 0 Å². The second-order valence-corrected chi connectivity index (χ2v) is 6.50. The molecule has 1 fully saturated rings. The summed E-state index contributed by atoms with van der Waals surface area (Å²) in [6.07, 6.45) is 1.05. The van der Waals surface area contributed by atoms with Crippen LogP contribution in [0.4, 0.5) is 0 Å². The molecule has 1 saturated heterocycles. The van der Waals surface area contributed by atoms with Gasteiger partial charge in [0.25, 0.3) is 0 Å². The molecule has 18 heavy (non-hydrogen) atoms. The Morgan fingerprint density at radius 1 is 1.39 bits per heavy atom. The highest BCUT2D eigenvalue weighted by atomic mass is 79.9. The minimum atomic E-state index is -0.111. The first-order valence-electron chi connectivity index (χ1n) is 6.39. The van der Waals surface area contributed by atoms with Gasteiger partial charge in [0.2, 0.25) is 0 Å². The molecular formula is C14H18BrNO2. The molecule has 0 saturated carbocycles. The number of benzene rings is 1. The number of morpholine rings is 1. The molecule has 0 amide bonds. The second kappa shape index (κ2) is 4.51. The van der Waals surface area contributed by atoms with Crippen LogP contribution in [-0.4, -0.2) is 25.3 Å². The lowest BCUT2D eigenvalue weighted by atomic mass is 9.98. The van der Waals surface area contributed by atoms with Crippen molar-refractivity contribution >= 4 is 15.9 Å². The smallest absolute Gasteiger partial charge is 0.129 e. The summed E-state index contributed by atoms with van der Waals surface area (Å²) in [5.74, 6) is 1.02. The van der Waals surface area contributed by atoms with Crippen molar-refractivity contribution < 1.29 is 9.47 Å². The van der Waals surface area contributed by atoms with Crippen molar-refractivity contribution in [3.8, 4) is 5.75 Å². The van der Waals surface area contributed by atoms with Crippen LogP contribution < -0.4 is 10.1 Å². The van der Waals surface area contributed by atoms with Gasteiger partial charge in [-0.15, -0.1) is 0 Å². The van der Waals surface area contributed by atoms with Gasteiger partial charge in [-0.2, -0.15) is 0 Å². The molecule has 0 bridgehead atoms. The second-order valence-electron chi connectivity index (χ2n) is 5.59. The lowest BCUT2D eigenvalue weighted by molar-refractivity contribution is 0.0242. The zero-order valence-electron chi connectivity index (χ0n) is 10.8. The maximum absolute atomic E-state index is 6.11. The van der Waals surface area contributed by atoms with Gasteiger partial charge < -0.3 is 14.8 Å². The first-order chi connectivity index (χ1) is 8.55. The molecule has 1 unspecified atom stereocenters. The van der Waals surface area contributed by atoms with Crippen LogP contribution >= 0.6 is 15.9 Å². The summed E-state index contributed by atoms with van der Waals surface area (Å²) in [4.78, 5) is 0. The third-order valence-electron chi connectivity index (χ3n) is 3.43. The Kier molecular flexibility index (Phi) is 3.12. The van der Waals surface area contributed by atoms with E-state index in [1.165, 1.54) is 5.56 Å². The normalized spacial score (nSPS) is 25.6. The molecular weight excluding hydrogens is 294 g/mol. The molecule has 98 valence electrons. The van der Waals surface area contributed by atoms with E-state index in [1.54, 1.807) is 0 Å². The fourth-order valence-corrected chi connectivity index (χ4v) is 3.23. The molecule has 1 aromatic carbocycles. The Balaban J connectivity index is 2.00. The van der Waals surface area contributed by atoms with E-state index in [0.717, 1.165) is 41.9 Å². The zero-order chi connectivity index (χ0) is 12.8. The fraction of sp³-hybridized carbons (Fsp3) is 0.571. The number of nitrogens with one attached hydrogen (secondary N) is 1. The van der Waals surface area contributed by atoms with Crippen molar-refractivity contribution in [2.45, 2.75) is 32.0 Å². The predicted molar refractivity (Wildman–Crippen MR) is 74.1 cm³/mol. The Labute approximate surface area is 116 Å². The number of fused-ring (bicyclic) bond motifs is 1. The highest BCUT2D eigenvalue weighted by Gasteiger charge is 2.34. The Morgan fingerprint density at radius 3 is 2.94 bits per heavy atom. The van der Waals surface area contributed by atoms with Gasteiger partial charge in [-0.3, -0.25) is 0 Å². The Bertz CT molecular complexity index is 467. The molecule has 2 aliphatic rings. The van der Waals surface area contributed by atoms with Crippen LogP contribution in [0.1, 0.15) is 31.1 Å². The summed E-state index contributed by atoms with van der Waals surface area (Å²) < 4.78 is 13.1. The highest BCUT2D eigenvalue weighted by molar-refractivity contribution is 9.10. The predicted octanol–water partition coefficient (Wildman–Crippen LogP) is 2.82. The third-order valence-corrected chi connectivity index (χ3v) is 3.89. The summed E-state index contributed by atoms with van der Waals surface area (Å²) in [5, 5.41) is 3.37. The van der Waals surface area contributed by atoms with E-state index in [1.807, 2.05) is 0 Å². The van der Waals surface area contributed by atoms with E-state index in [-0.39, 0.29) is 11.7 Å². The summed E-state index contributed by atoms with van der Waals surface area (Å²) in [6.45, 7) is 6.80. The van der Waals surface area contributed by atoms with Gasteiger partial charge in [-0.05, 0) is 31.5 Å². The maximum Gasteiger partial charge on any atom is 0.129 e. The number of ether oxygens (including phenoxy) is 2. The van der Waals surface area contributed by atoms with E-state index in [9.17, 15) is 0 Å². The van der Waals surface area contributed by atoms with Crippen molar-refractivity contribution in [2.75, 3.05) is 19.7 Å². The van der Waals surface area contributed by atoms with Crippen molar-refractivity contribution in [3.05, 3.63) is 27.7 Å². The topological polar surface area (TPSA) is 30.5 Å². The number of hydrogen-bond acceptors (Lipinski definition) is 3. The molecule has 0 spiro atoms. The average Bonchev–Trinajstić information content (AvgIpc) is 2.63. The van der Waals surface area contributed by atoms with Crippen LogP contribution in [0.5, 0.6) is 5.75 Å². The van der Waals surface area contributed by atoms with E-state index >= 15 is 0 Å². The van der Waals surface area contributed by atoms with Gasteiger partial charge in [-0.25, -0.2) is 0 Å². The summed E-state index contributed by atoms with van der Waals surface area (Å²) in [6, 6.07) is 4.28. The van der Waals surface area contributed by atoms with Crippen LogP contribution in [0.3, 0.4) is 0 Å². The van der Waals surface area contributed by atoms with Crippen molar-refractivity contribution in [3.63, 3.8) is 0 Å². The van der Waals surface area contributed by atoms with Gasteiger partial charge in [0, 0.05) is 29.5 Å². The molecule has 0 aromatic heterocycles. The van der Waals surface area contributed by atoms with Crippen LogP contribution in [-0.2, 0) is 11.2 Å². The molecule has 1 aromatic rings. The molecule has 4 heteroatoms. The van der Waals surface area contributed by atoms with Crippen molar-refractivity contribution in [1.82, 2.24) is 5.32 Å². The fourth-order valence-electron chi connectivity index (χ4n) is 2.70. The SMILES string of the molecule is CC1(C)Cc2cc(Br)cc(C3CNCCO3)c2O1. The average molecular weight is 312 g/mol. The largest absolute Gasteiger partial charge is 0.487 e. The molecule has 3 nitrogen and oxygen atoms in total. The van der Waals surface area contributed by atoms with Gasteiger partial charge in [0.15, 0.2) is 0 Å². The summed E-state index contributed by atoms with van der Waals surface area (Å²) in [7, 11) is 0. The minimum absolute atomic E-state index is 0.0962. The third kappa shape index (κ3) is 2.29. The summed E-state index contributed by atoms with van der Waals surface area (Å²) in [5.41, 5.74) is 2.33. The highest BCUT2D eigenvalue weighted by Crippen LogP contribution is 2.42. The number of halogens is 1. The van der Waals surface area contributed by atoms with Crippen LogP contribution in [0, 0.1) is 0 Å². The van der Waals surface area contributed by atoms with Crippen LogP contribution in [0.2, 0.25) is 0 Å². The van der Waals surface area contributed by atoms with E-state index in [4.69, 9.17) is 9.47 Å². The van der Waals surface area contributed by atoms with Crippen LogP contribution in [0.15, 0.2) is 16.6 Å². The first kappa shape index (κ1) is 12.5. The first-order valence-corrected chi connectivity index (χ1v) is 7.18. The molecule has 3 rings (SSSR count). The van der Waals surface area contributed by atoms with Gasteiger partial charge in [-0.1, -0.05) is 15.9 Å². The molecule has 0 radical (unpaired) electrons. The minimum Gasteiger partial charge on any atom is -0.487 e. The Morgan fingerprint density at radius 2 is 2.22 bits per heavy atom. The van der Waals surface area contributed by atoms with Gasteiger partial charge in [0.05, 0.1) is 12.7 Å². The lowest BCUT2D eigenvalue weighted by Crippen LogP contribution is -2.33. The van der Waals surface area contributed by atoms with E-state index in [0.29, 0.717) is 0 Å². The number of rotatable bonds is 1. The lowest BCUT2D eigenvalue weighted by Gasteiger charge is -2.26. The molecule has 1 atom stereocenters. The van der Waals surface area contributed by atoms with Crippen LogP contribution in [0.25, 0.3) is 0 Å². The Hall–Kier alpha value is -0.580. The molecule has 2 aliphatic heterocycles. The standard InChI is InChI=1S/C14H18BrNO2/c1-14(2)7-9-5-10(15)6-11(13(9)18-14)12-8-16-3-4-17-12/h5-6,12,16H,3-4,7-8H2,1-2H3. The zero-order valence-corrected chi connectivity index (χ0v) is 12.3. The monoisotopic (exact) mass is 311 g/mol. The summed E-state index contributed by atoms with van der Waals surface area (Å²) >= 11 is 3.59. The van der Waals surface area contributed by atoms with Gasteiger partial charge in [0.1, 0.15) is 11.4 Å². The molecule has 1 N–H and O–H groups in total.